The third kappa shape index (κ3) is 4.11. The summed E-state index contributed by atoms with van der Waals surface area (Å²) in [4.78, 5) is 33.7. The highest BCUT2D eigenvalue weighted by Crippen LogP contribution is 2.24. The Balaban J connectivity index is 2.95. The van der Waals surface area contributed by atoms with Crippen molar-refractivity contribution in [3.05, 3.63) is 21.5 Å². The van der Waals surface area contributed by atoms with Crippen molar-refractivity contribution in [2.75, 3.05) is 6.61 Å². The van der Waals surface area contributed by atoms with Crippen LogP contribution in [0.2, 0.25) is 0 Å². The van der Waals surface area contributed by atoms with E-state index in [1.165, 1.54) is 4.68 Å². The van der Waals surface area contributed by atoms with E-state index >= 15 is 0 Å². The minimum atomic E-state index is -0.599. The zero-order chi connectivity index (χ0) is 16.0. The second-order valence-electron chi connectivity index (χ2n) is 4.38. The van der Waals surface area contributed by atoms with Gasteiger partial charge in [-0.2, -0.15) is 5.10 Å². The van der Waals surface area contributed by atoms with E-state index in [9.17, 15) is 19.7 Å². The third-order valence-corrected chi connectivity index (χ3v) is 2.92. The first-order valence-corrected chi connectivity index (χ1v) is 6.84. The average molecular weight is 297 g/mol. The van der Waals surface area contributed by atoms with Gasteiger partial charge in [-0.3, -0.25) is 24.4 Å². The number of carbonyl (C=O) groups is 2. The van der Waals surface area contributed by atoms with Crippen molar-refractivity contribution >= 4 is 17.4 Å². The topological polar surface area (TPSA) is 104 Å². The molecule has 0 fully saturated rings. The van der Waals surface area contributed by atoms with Crippen LogP contribution in [0.15, 0.2) is 0 Å². The molecule has 0 bridgehead atoms. The van der Waals surface area contributed by atoms with Crippen LogP contribution in [0, 0.1) is 10.1 Å². The fraction of sp³-hybridized carbons (Fsp3) is 0.615. The zero-order valence-corrected chi connectivity index (χ0v) is 12.4. The number of hydrogen-bond donors (Lipinski definition) is 0. The Hall–Kier alpha value is -2.25. The molecule has 0 aliphatic carbocycles. The molecule has 0 spiro atoms. The molecule has 0 aliphatic rings. The summed E-state index contributed by atoms with van der Waals surface area (Å²) in [6.07, 6.45) is 0.435. The number of rotatable bonds is 8. The lowest BCUT2D eigenvalue weighted by atomic mass is 10.2. The number of hydrogen-bond acceptors (Lipinski definition) is 6. The third-order valence-electron chi connectivity index (χ3n) is 2.92. The van der Waals surface area contributed by atoms with Gasteiger partial charge in [0.1, 0.15) is 24.4 Å². The number of nitrogens with zero attached hydrogens (tertiary/aromatic N) is 3. The summed E-state index contributed by atoms with van der Waals surface area (Å²) in [6.45, 7) is 5.22. The number of ether oxygens (including phenoxy) is 1. The van der Waals surface area contributed by atoms with Gasteiger partial charge in [0, 0.05) is 0 Å². The Labute approximate surface area is 122 Å². The van der Waals surface area contributed by atoms with Crippen LogP contribution in [0.1, 0.15) is 38.6 Å². The van der Waals surface area contributed by atoms with Gasteiger partial charge in [0.05, 0.1) is 11.5 Å². The molecule has 0 aromatic carbocycles. The summed E-state index contributed by atoms with van der Waals surface area (Å²) >= 11 is 0. The van der Waals surface area contributed by atoms with E-state index in [0.29, 0.717) is 24.2 Å². The Morgan fingerprint density at radius 2 is 1.95 bits per heavy atom. The van der Waals surface area contributed by atoms with Gasteiger partial charge in [-0.1, -0.05) is 13.8 Å². The van der Waals surface area contributed by atoms with Crippen molar-refractivity contribution in [2.45, 2.75) is 46.6 Å². The summed E-state index contributed by atoms with van der Waals surface area (Å²) in [5.41, 5.74) is 0.707. The predicted octanol–water partition coefficient (Wildman–Crippen LogP) is 1.44. The predicted molar refractivity (Wildman–Crippen MR) is 73.9 cm³/mol. The second-order valence-corrected chi connectivity index (χ2v) is 4.38. The number of ketones is 1. The first-order valence-electron chi connectivity index (χ1n) is 6.84. The Morgan fingerprint density at radius 3 is 2.43 bits per heavy atom. The second kappa shape index (κ2) is 7.51. The van der Waals surface area contributed by atoms with Crippen LogP contribution in [0.25, 0.3) is 0 Å². The standard InChI is InChI=1S/C13H19N3O5/c1-4-10-13(16(19)20)11(5-2)15(14-10)8-9(17)7-12(18)21-6-3/h4-8H2,1-3H3. The van der Waals surface area contributed by atoms with E-state index in [0.717, 1.165) is 0 Å². The molecular weight excluding hydrogens is 278 g/mol. The number of esters is 1. The first-order chi connectivity index (χ1) is 9.94. The fourth-order valence-corrected chi connectivity index (χ4v) is 2.07. The van der Waals surface area contributed by atoms with E-state index in [4.69, 9.17) is 4.74 Å². The van der Waals surface area contributed by atoms with E-state index in [2.05, 4.69) is 5.10 Å². The minimum absolute atomic E-state index is 0.0380. The van der Waals surface area contributed by atoms with Crippen LogP contribution in [-0.2, 0) is 33.7 Å². The Bertz CT molecular complexity index is 550. The van der Waals surface area contributed by atoms with Gasteiger partial charge in [-0.15, -0.1) is 0 Å². The normalized spacial score (nSPS) is 10.4. The lowest BCUT2D eigenvalue weighted by Gasteiger charge is -2.04. The molecule has 8 nitrogen and oxygen atoms in total. The molecule has 0 aliphatic heterocycles. The number of aromatic nitrogens is 2. The van der Waals surface area contributed by atoms with Gasteiger partial charge < -0.3 is 4.74 Å². The zero-order valence-electron chi connectivity index (χ0n) is 12.4. The van der Waals surface area contributed by atoms with Crippen LogP contribution >= 0.6 is 0 Å². The molecular formula is C13H19N3O5. The summed E-state index contributed by atoms with van der Waals surface area (Å²) in [6, 6.07) is 0. The van der Waals surface area contributed by atoms with Gasteiger partial charge in [0.25, 0.3) is 0 Å². The SMILES string of the molecule is CCOC(=O)CC(=O)Cn1nc(CC)c([N+](=O)[O-])c1CC. The number of Topliss-reactive ketones (excluding diaryl/α,β-unsaturated/α-hetero) is 1. The van der Waals surface area contributed by atoms with Gasteiger partial charge >= 0.3 is 11.7 Å². The summed E-state index contributed by atoms with van der Waals surface area (Å²) in [5.74, 6) is -0.985. The molecule has 1 aromatic rings. The van der Waals surface area contributed by atoms with Crippen molar-refractivity contribution in [2.24, 2.45) is 0 Å². The summed E-state index contributed by atoms with van der Waals surface area (Å²) < 4.78 is 6.02. The molecule has 8 heteroatoms. The van der Waals surface area contributed by atoms with Crippen LogP contribution in [0.3, 0.4) is 0 Å². The maximum absolute atomic E-state index is 11.8. The van der Waals surface area contributed by atoms with Crippen molar-refractivity contribution in [1.82, 2.24) is 9.78 Å². The molecule has 0 radical (unpaired) electrons. The molecule has 0 saturated carbocycles. The highest BCUT2D eigenvalue weighted by Gasteiger charge is 2.26. The van der Waals surface area contributed by atoms with Crippen molar-refractivity contribution in [3.63, 3.8) is 0 Å². The summed E-state index contributed by atoms with van der Waals surface area (Å²) in [7, 11) is 0. The van der Waals surface area contributed by atoms with Gasteiger partial charge in [0.2, 0.25) is 0 Å². The summed E-state index contributed by atoms with van der Waals surface area (Å²) in [5, 5.41) is 15.2. The molecule has 1 rings (SSSR count). The molecule has 1 aromatic heterocycles. The van der Waals surface area contributed by atoms with Crippen LogP contribution in [0.5, 0.6) is 0 Å². The lowest BCUT2D eigenvalue weighted by Crippen LogP contribution is -2.18. The number of aryl methyl sites for hydroxylation is 1. The molecule has 21 heavy (non-hydrogen) atoms. The van der Waals surface area contributed by atoms with Gasteiger partial charge in [-0.05, 0) is 19.8 Å². The van der Waals surface area contributed by atoms with Crippen molar-refractivity contribution < 1.29 is 19.2 Å². The molecule has 0 atom stereocenters. The molecule has 0 unspecified atom stereocenters. The van der Waals surface area contributed by atoms with E-state index in [-0.39, 0.29) is 31.0 Å². The largest absolute Gasteiger partial charge is 0.466 e. The van der Waals surface area contributed by atoms with E-state index in [1.54, 1.807) is 20.8 Å². The quantitative estimate of drug-likeness (QED) is 0.311. The molecule has 1 heterocycles. The van der Waals surface area contributed by atoms with Crippen LogP contribution in [0.4, 0.5) is 5.69 Å². The Kier molecular flexibility index (Phi) is 6.01. The highest BCUT2D eigenvalue weighted by molar-refractivity contribution is 5.95. The first kappa shape index (κ1) is 16.8. The van der Waals surface area contributed by atoms with Gasteiger partial charge in [-0.25, -0.2) is 0 Å². The fourth-order valence-electron chi connectivity index (χ4n) is 2.07. The highest BCUT2D eigenvalue weighted by atomic mass is 16.6. The average Bonchev–Trinajstić information content (AvgIpc) is 2.76. The van der Waals surface area contributed by atoms with Crippen molar-refractivity contribution in [3.8, 4) is 0 Å². The minimum Gasteiger partial charge on any atom is -0.466 e. The van der Waals surface area contributed by atoms with Crippen molar-refractivity contribution in [1.29, 1.82) is 0 Å². The molecule has 116 valence electrons. The smallest absolute Gasteiger partial charge is 0.313 e. The number of carbonyl (C=O) groups excluding carboxylic acids is 2. The van der Waals surface area contributed by atoms with Gasteiger partial charge in [0.15, 0.2) is 5.78 Å². The monoisotopic (exact) mass is 297 g/mol. The maximum Gasteiger partial charge on any atom is 0.313 e. The molecule has 0 N–H and O–H groups in total. The lowest BCUT2D eigenvalue weighted by molar-refractivity contribution is -0.386. The maximum atomic E-state index is 11.8. The number of nitro groups is 1. The van der Waals surface area contributed by atoms with E-state index < -0.39 is 10.9 Å². The van der Waals surface area contributed by atoms with Crippen LogP contribution < -0.4 is 0 Å². The molecule has 0 saturated heterocycles. The Morgan fingerprint density at radius 1 is 1.29 bits per heavy atom. The van der Waals surface area contributed by atoms with Crippen LogP contribution in [-0.4, -0.2) is 33.1 Å². The van der Waals surface area contributed by atoms with E-state index in [1.807, 2.05) is 0 Å². The molecule has 0 amide bonds.